The molecule has 1 unspecified atom stereocenters. The van der Waals surface area contributed by atoms with E-state index < -0.39 is 0 Å². The molecule has 0 radical (unpaired) electrons. The topological polar surface area (TPSA) is 42.1 Å². The molecule has 2 heterocycles. The molecule has 3 nitrogen and oxygen atoms in total. The van der Waals surface area contributed by atoms with Crippen LogP contribution in [0.25, 0.3) is 22.3 Å². The lowest BCUT2D eigenvalue weighted by Gasteiger charge is -2.32. The molecule has 0 amide bonds. The highest BCUT2D eigenvalue weighted by atomic mass is 15.2. The van der Waals surface area contributed by atoms with Gasteiger partial charge >= 0.3 is 0 Å². The minimum absolute atomic E-state index is 0.105. The Labute approximate surface area is 267 Å². The Hall–Kier alpha value is -5.09. The van der Waals surface area contributed by atoms with Gasteiger partial charge in [-0.2, -0.15) is 0 Å². The second-order valence-electron chi connectivity index (χ2n) is 12.5. The van der Waals surface area contributed by atoms with Crippen molar-refractivity contribution in [2.24, 2.45) is 5.73 Å². The van der Waals surface area contributed by atoms with Gasteiger partial charge in [0.25, 0.3) is 0 Å². The first-order valence-corrected chi connectivity index (χ1v) is 15.8. The summed E-state index contributed by atoms with van der Waals surface area (Å²) >= 11 is 0. The Morgan fingerprint density at radius 1 is 0.911 bits per heavy atom. The molecule has 7 rings (SSSR count). The molecule has 3 aromatic carbocycles. The molecule has 45 heavy (non-hydrogen) atoms. The fourth-order valence-electron chi connectivity index (χ4n) is 7.50. The molecule has 0 saturated carbocycles. The van der Waals surface area contributed by atoms with Crippen LogP contribution in [0.4, 0.5) is 5.82 Å². The normalized spacial score (nSPS) is 16.5. The van der Waals surface area contributed by atoms with Crippen LogP contribution < -0.4 is 10.6 Å². The summed E-state index contributed by atoms with van der Waals surface area (Å²) in [7, 11) is 0. The monoisotopic (exact) mass is 583 g/mol. The number of fused-ring (bicyclic) bond motifs is 8. The van der Waals surface area contributed by atoms with Crippen LogP contribution in [0.1, 0.15) is 79.1 Å². The molecule has 0 saturated heterocycles. The highest BCUT2D eigenvalue weighted by molar-refractivity contribution is 6.06. The van der Waals surface area contributed by atoms with E-state index >= 15 is 0 Å². The molecule has 2 aliphatic carbocycles. The lowest BCUT2D eigenvalue weighted by atomic mass is 9.78. The van der Waals surface area contributed by atoms with Gasteiger partial charge in [0.05, 0.1) is 5.57 Å². The Morgan fingerprint density at radius 3 is 2.47 bits per heavy atom. The van der Waals surface area contributed by atoms with Crippen molar-refractivity contribution in [1.29, 1.82) is 0 Å². The summed E-state index contributed by atoms with van der Waals surface area (Å²) in [6.07, 6.45) is 12.4. The molecular formula is C42H37N3. The molecule has 1 atom stereocenters. The van der Waals surface area contributed by atoms with E-state index in [9.17, 15) is 0 Å². The summed E-state index contributed by atoms with van der Waals surface area (Å²) in [5.74, 6) is 10.8. The van der Waals surface area contributed by atoms with E-state index in [1.165, 1.54) is 44.5 Å². The van der Waals surface area contributed by atoms with E-state index in [4.69, 9.17) is 17.1 Å². The van der Waals surface area contributed by atoms with Gasteiger partial charge in [-0.25, -0.2) is 4.98 Å². The number of aryl methyl sites for hydroxylation is 1. The van der Waals surface area contributed by atoms with Gasteiger partial charge < -0.3 is 5.73 Å². The minimum atomic E-state index is -0.154. The zero-order valence-electron chi connectivity index (χ0n) is 26.4. The maximum Gasteiger partial charge on any atom is 0.138 e. The number of hydrogen-bond acceptors (Lipinski definition) is 3. The quantitative estimate of drug-likeness (QED) is 0.193. The standard InChI is InChI=1S/C42H37N3/c1-6-14-31-36(7-2)45(38-21-12-20-35(44-38)27(3)15-13-26-43)37-25-22-28-16-8-9-17-29(28)39(37)32-23-24-34-41(40(31)32)30-18-10-11-19-33(30)42(34,4)5/h2,8-13,15-21,23-24,27H,22,25-26,43H2,1,3-5H3/b15-13-. The van der Waals surface area contributed by atoms with Crippen molar-refractivity contribution < 1.29 is 0 Å². The second kappa shape index (κ2) is 11.1. The zero-order chi connectivity index (χ0) is 31.3. The van der Waals surface area contributed by atoms with Crippen LogP contribution in [0.5, 0.6) is 0 Å². The molecule has 0 fully saturated rings. The highest BCUT2D eigenvalue weighted by Crippen LogP contribution is 2.55. The summed E-state index contributed by atoms with van der Waals surface area (Å²) in [5, 5.41) is 0. The number of anilines is 1. The first-order chi connectivity index (χ1) is 21.9. The van der Waals surface area contributed by atoms with Crippen molar-refractivity contribution in [2.45, 2.75) is 51.9 Å². The Balaban J connectivity index is 1.62. The Bertz CT molecular complexity index is 2070. The van der Waals surface area contributed by atoms with Crippen LogP contribution in [-0.2, 0) is 11.8 Å². The molecule has 1 aromatic heterocycles. The predicted octanol–water partition coefficient (Wildman–Crippen LogP) is 8.60. The molecule has 1 aliphatic heterocycles. The molecule has 3 heteroatoms. The average Bonchev–Trinajstić information content (AvgIpc) is 3.22. The van der Waals surface area contributed by atoms with Crippen molar-refractivity contribution in [2.75, 3.05) is 11.4 Å². The first-order valence-electron chi connectivity index (χ1n) is 15.8. The largest absolute Gasteiger partial charge is 0.327 e. The molecule has 2 N–H and O–H groups in total. The number of rotatable bonds is 4. The number of pyridine rings is 1. The summed E-state index contributed by atoms with van der Waals surface area (Å²) in [5.41, 5.74) is 20.6. The van der Waals surface area contributed by atoms with E-state index in [1.807, 2.05) is 13.0 Å². The van der Waals surface area contributed by atoms with E-state index in [-0.39, 0.29) is 11.3 Å². The minimum Gasteiger partial charge on any atom is -0.327 e. The summed E-state index contributed by atoms with van der Waals surface area (Å²) in [4.78, 5) is 7.48. The van der Waals surface area contributed by atoms with Crippen molar-refractivity contribution in [3.05, 3.63) is 141 Å². The number of nitrogens with two attached hydrogens (primary N) is 1. The molecule has 0 bridgehead atoms. The molecule has 3 aliphatic rings. The van der Waals surface area contributed by atoms with Crippen LogP contribution in [0, 0.1) is 24.2 Å². The fourth-order valence-corrected chi connectivity index (χ4v) is 7.50. The van der Waals surface area contributed by atoms with E-state index in [1.54, 1.807) is 0 Å². The van der Waals surface area contributed by atoms with Crippen LogP contribution >= 0.6 is 0 Å². The summed E-state index contributed by atoms with van der Waals surface area (Å²) in [6, 6.07) is 28.5. The number of hydrogen-bond donors (Lipinski definition) is 1. The van der Waals surface area contributed by atoms with Crippen molar-refractivity contribution in [3.63, 3.8) is 0 Å². The molecule has 0 spiro atoms. The SMILES string of the molecule is C#CC1=C(C#CC)c2c(ccc3c2-c2ccccc2C3(C)C)C2=C(CCc3ccccc32)N1c1cccc(C(C)/C=C\CN)n1. The summed E-state index contributed by atoms with van der Waals surface area (Å²) < 4.78 is 0. The van der Waals surface area contributed by atoms with Crippen molar-refractivity contribution in [1.82, 2.24) is 4.98 Å². The fraction of sp³-hybridized carbons (Fsp3) is 0.214. The number of nitrogens with zero attached hydrogens (tertiary/aromatic N) is 2. The van der Waals surface area contributed by atoms with Crippen molar-refractivity contribution in [3.8, 4) is 35.3 Å². The van der Waals surface area contributed by atoms with Gasteiger partial charge in [0.1, 0.15) is 11.5 Å². The predicted molar refractivity (Wildman–Crippen MR) is 187 cm³/mol. The van der Waals surface area contributed by atoms with Crippen LogP contribution in [-0.4, -0.2) is 11.5 Å². The van der Waals surface area contributed by atoms with E-state index in [2.05, 4.69) is 128 Å². The maximum atomic E-state index is 6.56. The van der Waals surface area contributed by atoms with Crippen LogP contribution in [0.3, 0.4) is 0 Å². The summed E-state index contributed by atoms with van der Waals surface area (Å²) in [6.45, 7) is 9.18. The van der Waals surface area contributed by atoms with Crippen LogP contribution in [0.2, 0.25) is 0 Å². The smallest absolute Gasteiger partial charge is 0.138 e. The molecule has 4 aromatic rings. The first kappa shape index (κ1) is 28.7. The zero-order valence-corrected chi connectivity index (χ0v) is 26.4. The third kappa shape index (κ3) is 4.39. The lowest BCUT2D eigenvalue weighted by Crippen LogP contribution is -2.26. The van der Waals surface area contributed by atoms with Gasteiger partial charge in [0.2, 0.25) is 0 Å². The van der Waals surface area contributed by atoms with Gasteiger partial charge in [-0.15, -0.1) is 12.3 Å². The van der Waals surface area contributed by atoms with Gasteiger partial charge in [-0.05, 0) is 70.8 Å². The number of aromatic nitrogens is 1. The van der Waals surface area contributed by atoms with Crippen molar-refractivity contribution >= 4 is 17.0 Å². The Kier molecular flexibility index (Phi) is 7.08. The highest BCUT2D eigenvalue weighted by Gasteiger charge is 2.41. The van der Waals surface area contributed by atoms with Gasteiger partial charge in [-0.3, -0.25) is 4.90 Å². The molecular weight excluding hydrogens is 546 g/mol. The van der Waals surface area contributed by atoms with E-state index in [0.29, 0.717) is 6.54 Å². The third-order valence-electron chi connectivity index (χ3n) is 9.60. The van der Waals surface area contributed by atoms with Gasteiger partial charge in [-0.1, -0.05) is 111 Å². The Morgan fingerprint density at radius 2 is 1.69 bits per heavy atom. The van der Waals surface area contributed by atoms with E-state index in [0.717, 1.165) is 46.9 Å². The number of allylic oxidation sites excluding steroid dienone is 4. The van der Waals surface area contributed by atoms with Gasteiger partial charge in [0, 0.05) is 40.4 Å². The second-order valence-corrected chi connectivity index (χ2v) is 12.5. The lowest BCUT2D eigenvalue weighted by molar-refractivity contribution is 0.660. The van der Waals surface area contributed by atoms with Crippen LogP contribution in [0.15, 0.2) is 102 Å². The number of benzene rings is 3. The van der Waals surface area contributed by atoms with Gasteiger partial charge in [0.15, 0.2) is 0 Å². The number of terminal acetylenes is 1. The average molecular weight is 584 g/mol. The maximum absolute atomic E-state index is 6.56. The molecule has 220 valence electrons. The third-order valence-corrected chi connectivity index (χ3v) is 9.60.